The highest BCUT2D eigenvalue weighted by molar-refractivity contribution is 5.99. The Balaban J connectivity index is 2.74. The molecule has 0 spiro atoms. The van der Waals surface area contributed by atoms with Gasteiger partial charge in [-0.3, -0.25) is 14.9 Å². The number of benzene rings is 1. The van der Waals surface area contributed by atoms with E-state index in [0.29, 0.717) is 17.8 Å². The Bertz CT molecular complexity index is 583. The number of amides is 3. The van der Waals surface area contributed by atoms with Crippen molar-refractivity contribution >= 4 is 29.8 Å². The van der Waals surface area contributed by atoms with Crippen molar-refractivity contribution in [3.05, 3.63) is 24.3 Å². The fraction of sp³-hybridized carbons (Fsp3) is 0.438. The van der Waals surface area contributed by atoms with Crippen molar-refractivity contribution < 1.29 is 24.2 Å². The summed E-state index contributed by atoms with van der Waals surface area (Å²) in [5.41, 5.74) is 0.111. The fourth-order valence-electron chi connectivity index (χ4n) is 1.79. The Morgan fingerprint density at radius 1 is 1.21 bits per heavy atom. The summed E-state index contributed by atoms with van der Waals surface area (Å²) in [7, 11) is 0. The Kier molecular flexibility index (Phi) is 7.19. The molecule has 0 aliphatic heterocycles. The van der Waals surface area contributed by atoms with Gasteiger partial charge >= 0.3 is 6.09 Å². The normalized spacial score (nSPS) is 10.7. The van der Waals surface area contributed by atoms with Crippen LogP contribution in [0.15, 0.2) is 24.3 Å². The number of hydrogen-bond donors (Lipinski definition) is 3. The number of para-hydroxylation sites is 2. The molecular weight excluding hydrogens is 314 g/mol. The fourth-order valence-corrected chi connectivity index (χ4v) is 1.79. The Hall–Kier alpha value is -2.61. The summed E-state index contributed by atoms with van der Waals surface area (Å²) in [6.07, 6.45) is -0.153. The summed E-state index contributed by atoms with van der Waals surface area (Å²) in [6.45, 7) is 4.86. The van der Waals surface area contributed by atoms with Crippen molar-refractivity contribution in [3.63, 3.8) is 0 Å². The number of carbonyl (C=O) groups excluding carboxylic acids is 3. The molecule has 0 heterocycles. The molecule has 0 unspecified atom stereocenters. The number of nitrogens with one attached hydrogen (secondary N) is 2. The summed E-state index contributed by atoms with van der Waals surface area (Å²) in [5, 5.41) is 14.0. The highest BCUT2D eigenvalue weighted by Gasteiger charge is 2.18. The molecule has 3 amide bonds. The summed E-state index contributed by atoms with van der Waals surface area (Å²) >= 11 is 0. The number of rotatable bonds is 7. The van der Waals surface area contributed by atoms with Crippen molar-refractivity contribution in [3.8, 4) is 0 Å². The van der Waals surface area contributed by atoms with Gasteiger partial charge in [0, 0.05) is 6.54 Å². The molecule has 0 bridgehead atoms. The monoisotopic (exact) mass is 337 g/mol. The molecule has 0 atom stereocenters. The van der Waals surface area contributed by atoms with Crippen LogP contribution < -0.4 is 10.6 Å². The average Bonchev–Trinajstić information content (AvgIpc) is 2.46. The smallest absolute Gasteiger partial charge is 0.412 e. The lowest BCUT2D eigenvalue weighted by Crippen LogP contribution is -2.34. The predicted molar refractivity (Wildman–Crippen MR) is 89.7 cm³/mol. The third kappa shape index (κ3) is 7.10. The lowest BCUT2D eigenvalue weighted by atomic mass is 10.2. The third-order valence-electron chi connectivity index (χ3n) is 2.72. The zero-order chi connectivity index (χ0) is 18.2. The summed E-state index contributed by atoms with van der Waals surface area (Å²) in [4.78, 5) is 35.8. The first-order valence-corrected chi connectivity index (χ1v) is 7.44. The van der Waals surface area contributed by atoms with Crippen LogP contribution in [0.3, 0.4) is 0 Å². The Labute approximate surface area is 140 Å². The first kappa shape index (κ1) is 19.4. The number of ether oxygens (including phenoxy) is 1. The number of anilines is 2. The van der Waals surface area contributed by atoms with Gasteiger partial charge in [0.1, 0.15) is 5.60 Å². The second-order valence-corrected chi connectivity index (χ2v) is 6.02. The number of aliphatic hydroxyl groups is 1. The zero-order valence-electron chi connectivity index (χ0n) is 14.0. The van der Waals surface area contributed by atoms with Gasteiger partial charge in [0.15, 0.2) is 0 Å². The van der Waals surface area contributed by atoms with Crippen LogP contribution in [0.1, 0.15) is 20.8 Å². The second-order valence-electron chi connectivity index (χ2n) is 6.02. The largest absolute Gasteiger partial charge is 0.444 e. The van der Waals surface area contributed by atoms with Crippen LogP contribution in [0.25, 0.3) is 0 Å². The standard InChI is InChI=1S/C16H23N3O5/c1-16(2,3)24-15(23)18-13-7-5-4-6-12(13)17-14(22)10-19(11-21)8-9-20/h4-7,11,20H,8-10H2,1-3H3,(H,17,22)(H,18,23). The summed E-state index contributed by atoms with van der Waals surface area (Å²) in [6, 6.07) is 6.62. The molecule has 0 aliphatic rings. The molecule has 0 saturated heterocycles. The molecular formula is C16H23N3O5. The van der Waals surface area contributed by atoms with E-state index >= 15 is 0 Å². The van der Waals surface area contributed by atoms with Gasteiger partial charge in [0.2, 0.25) is 12.3 Å². The molecule has 0 aromatic heterocycles. The average molecular weight is 337 g/mol. The van der Waals surface area contributed by atoms with Gasteiger partial charge in [-0.2, -0.15) is 0 Å². The van der Waals surface area contributed by atoms with Crippen LogP contribution in [0.2, 0.25) is 0 Å². The van der Waals surface area contributed by atoms with Gasteiger partial charge in [-0.1, -0.05) is 12.1 Å². The molecule has 1 aromatic carbocycles. The van der Waals surface area contributed by atoms with Crippen molar-refractivity contribution in [2.75, 3.05) is 30.3 Å². The molecule has 8 nitrogen and oxygen atoms in total. The molecule has 132 valence electrons. The van der Waals surface area contributed by atoms with E-state index in [4.69, 9.17) is 9.84 Å². The van der Waals surface area contributed by atoms with Gasteiger partial charge in [0.05, 0.1) is 24.5 Å². The summed E-state index contributed by atoms with van der Waals surface area (Å²) < 4.78 is 5.17. The quantitative estimate of drug-likeness (QED) is 0.652. The third-order valence-corrected chi connectivity index (χ3v) is 2.72. The maximum absolute atomic E-state index is 12.0. The van der Waals surface area contributed by atoms with Crippen LogP contribution in [-0.4, -0.2) is 53.7 Å². The van der Waals surface area contributed by atoms with E-state index in [1.54, 1.807) is 45.0 Å². The van der Waals surface area contributed by atoms with E-state index in [-0.39, 0.29) is 19.7 Å². The number of nitrogens with zero attached hydrogens (tertiary/aromatic N) is 1. The molecule has 1 aromatic rings. The highest BCUT2D eigenvalue weighted by Crippen LogP contribution is 2.22. The second kappa shape index (κ2) is 8.88. The van der Waals surface area contributed by atoms with E-state index < -0.39 is 17.6 Å². The van der Waals surface area contributed by atoms with Gasteiger partial charge in [-0.25, -0.2) is 4.79 Å². The van der Waals surface area contributed by atoms with Crippen LogP contribution in [0.5, 0.6) is 0 Å². The van der Waals surface area contributed by atoms with Gasteiger partial charge in [0.25, 0.3) is 0 Å². The molecule has 24 heavy (non-hydrogen) atoms. The summed E-state index contributed by atoms with van der Waals surface area (Å²) in [5.74, 6) is -0.450. The zero-order valence-corrected chi connectivity index (χ0v) is 14.0. The number of aliphatic hydroxyl groups excluding tert-OH is 1. The predicted octanol–water partition coefficient (Wildman–Crippen LogP) is 1.42. The highest BCUT2D eigenvalue weighted by atomic mass is 16.6. The van der Waals surface area contributed by atoms with Crippen molar-refractivity contribution in [2.45, 2.75) is 26.4 Å². The number of hydrogen-bond acceptors (Lipinski definition) is 5. The molecule has 3 N–H and O–H groups in total. The Morgan fingerprint density at radius 2 is 1.79 bits per heavy atom. The van der Waals surface area contributed by atoms with Crippen molar-refractivity contribution in [1.29, 1.82) is 0 Å². The Morgan fingerprint density at radius 3 is 2.29 bits per heavy atom. The minimum absolute atomic E-state index is 0.0642. The van der Waals surface area contributed by atoms with E-state index in [0.717, 1.165) is 4.90 Å². The minimum Gasteiger partial charge on any atom is -0.444 e. The maximum Gasteiger partial charge on any atom is 0.412 e. The molecule has 0 fully saturated rings. The molecule has 0 saturated carbocycles. The van der Waals surface area contributed by atoms with E-state index in [1.165, 1.54) is 0 Å². The van der Waals surface area contributed by atoms with Crippen molar-refractivity contribution in [2.24, 2.45) is 0 Å². The van der Waals surface area contributed by atoms with Crippen LogP contribution in [0.4, 0.5) is 16.2 Å². The van der Waals surface area contributed by atoms with Gasteiger partial charge in [-0.05, 0) is 32.9 Å². The molecule has 8 heteroatoms. The molecule has 0 radical (unpaired) electrons. The van der Waals surface area contributed by atoms with Gasteiger partial charge < -0.3 is 20.1 Å². The van der Waals surface area contributed by atoms with Crippen LogP contribution >= 0.6 is 0 Å². The van der Waals surface area contributed by atoms with E-state index in [2.05, 4.69) is 10.6 Å². The first-order chi connectivity index (χ1) is 11.2. The first-order valence-electron chi connectivity index (χ1n) is 7.44. The lowest BCUT2D eigenvalue weighted by molar-refractivity contribution is -0.125. The van der Waals surface area contributed by atoms with Gasteiger partial charge in [-0.15, -0.1) is 0 Å². The van der Waals surface area contributed by atoms with Crippen LogP contribution in [0, 0.1) is 0 Å². The SMILES string of the molecule is CC(C)(C)OC(=O)Nc1ccccc1NC(=O)CN(C=O)CCO. The topological polar surface area (TPSA) is 108 Å². The van der Waals surface area contributed by atoms with E-state index in [9.17, 15) is 14.4 Å². The van der Waals surface area contributed by atoms with E-state index in [1.807, 2.05) is 0 Å². The maximum atomic E-state index is 12.0. The lowest BCUT2D eigenvalue weighted by Gasteiger charge is -2.21. The van der Waals surface area contributed by atoms with Crippen molar-refractivity contribution in [1.82, 2.24) is 4.90 Å². The van der Waals surface area contributed by atoms with Crippen LogP contribution in [-0.2, 0) is 14.3 Å². The molecule has 0 aliphatic carbocycles. The molecule has 1 rings (SSSR count). The number of carbonyl (C=O) groups is 3. The minimum atomic E-state index is -0.642.